The fourth-order valence-corrected chi connectivity index (χ4v) is 2.11. The zero-order valence-corrected chi connectivity index (χ0v) is 12.0. The van der Waals surface area contributed by atoms with Crippen molar-refractivity contribution in [2.45, 2.75) is 32.8 Å². The topological polar surface area (TPSA) is 68.4 Å². The van der Waals surface area contributed by atoms with Crippen LogP contribution in [-0.2, 0) is 6.42 Å². The number of nitrogens with zero attached hydrogens (tertiary/aromatic N) is 2. The van der Waals surface area contributed by atoms with E-state index in [0.717, 1.165) is 5.56 Å². The van der Waals surface area contributed by atoms with Crippen molar-refractivity contribution in [3.05, 3.63) is 30.2 Å². The van der Waals surface area contributed by atoms with E-state index in [1.165, 1.54) is 0 Å². The van der Waals surface area contributed by atoms with E-state index in [2.05, 4.69) is 24.0 Å². The molecule has 0 bridgehead atoms. The van der Waals surface area contributed by atoms with Gasteiger partial charge in [-0.1, -0.05) is 31.1 Å². The van der Waals surface area contributed by atoms with E-state index < -0.39 is 6.10 Å². The van der Waals surface area contributed by atoms with Crippen LogP contribution in [0.5, 0.6) is 5.75 Å². The van der Waals surface area contributed by atoms with Crippen LogP contribution in [0.3, 0.4) is 0 Å². The molecule has 1 N–H and O–H groups in total. The lowest BCUT2D eigenvalue weighted by Gasteiger charge is -2.09. The molecule has 0 aliphatic heterocycles. The molecule has 1 aromatic heterocycles. The first-order chi connectivity index (χ1) is 9.60. The van der Waals surface area contributed by atoms with E-state index in [-0.39, 0.29) is 0 Å². The van der Waals surface area contributed by atoms with Gasteiger partial charge in [-0.25, -0.2) is 0 Å². The number of methoxy groups -OCH3 is 1. The Labute approximate surface area is 118 Å². The van der Waals surface area contributed by atoms with Gasteiger partial charge in [0.2, 0.25) is 11.7 Å². The summed E-state index contributed by atoms with van der Waals surface area (Å²) in [6.45, 7) is 4.13. The molecule has 108 valence electrons. The smallest absolute Gasteiger partial charge is 0.229 e. The Hall–Kier alpha value is -1.88. The quantitative estimate of drug-likeness (QED) is 0.878. The van der Waals surface area contributed by atoms with Crippen molar-refractivity contribution in [1.82, 2.24) is 10.1 Å². The summed E-state index contributed by atoms with van der Waals surface area (Å²) in [4.78, 5) is 4.32. The van der Waals surface area contributed by atoms with Crippen LogP contribution in [0.25, 0.3) is 11.4 Å². The lowest BCUT2D eigenvalue weighted by atomic mass is 10.0. The second-order valence-corrected chi connectivity index (χ2v) is 5.20. The Morgan fingerprint density at radius 3 is 2.75 bits per heavy atom. The first-order valence-electron chi connectivity index (χ1n) is 6.74. The second-order valence-electron chi connectivity index (χ2n) is 5.20. The largest absolute Gasteiger partial charge is 0.496 e. The standard InChI is InChI=1S/C15H20N2O3/c1-10(2)8-11(18)9-14-16-15(17-20-14)12-6-4-5-7-13(12)19-3/h4-7,10-11,18H,8-9H2,1-3H3. The van der Waals surface area contributed by atoms with Gasteiger partial charge in [-0.3, -0.25) is 0 Å². The van der Waals surface area contributed by atoms with E-state index in [0.29, 0.717) is 36.2 Å². The number of benzene rings is 1. The molecular formula is C15H20N2O3. The van der Waals surface area contributed by atoms with Gasteiger partial charge in [-0.05, 0) is 24.5 Å². The molecule has 1 atom stereocenters. The van der Waals surface area contributed by atoms with Gasteiger partial charge < -0.3 is 14.4 Å². The monoisotopic (exact) mass is 276 g/mol. The summed E-state index contributed by atoms with van der Waals surface area (Å²) in [5, 5.41) is 13.9. The lowest BCUT2D eigenvalue weighted by molar-refractivity contribution is 0.138. The maximum atomic E-state index is 9.90. The fourth-order valence-electron chi connectivity index (χ4n) is 2.11. The zero-order chi connectivity index (χ0) is 14.5. The molecule has 1 unspecified atom stereocenters. The van der Waals surface area contributed by atoms with Gasteiger partial charge in [0.1, 0.15) is 5.75 Å². The van der Waals surface area contributed by atoms with E-state index in [9.17, 15) is 5.11 Å². The third-order valence-electron chi connectivity index (χ3n) is 2.97. The Morgan fingerprint density at radius 1 is 1.30 bits per heavy atom. The van der Waals surface area contributed by atoms with E-state index in [1.54, 1.807) is 7.11 Å². The van der Waals surface area contributed by atoms with Crippen LogP contribution in [0.2, 0.25) is 0 Å². The van der Waals surface area contributed by atoms with Crippen molar-refractivity contribution >= 4 is 0 Å². The van der Waals surface area contributed by atoms with Crippen LogP contribution < -0.4 is 4.74 Å². The van der Waals surface area contributed by atoms with Gasteiger partial charge in [-0.15, -0.1) is 0 Å². The fraction of sp³-hybridized carbons (Fsp3) is 0.467. The predicted molar refractivity (Wildman–Crippen MR) is 75.5 cm³/mol. The molecule has 0 aliphatic rings. The van der Waals surface area contributed by atoms with Crippen molar-refractivity contribution in [2.75, 3.05) is 7.11 Å². The van der Waals surface area contributed by atoms with Gasteiger partial charge >= 0.3 is 0 Å². The summed E-state index contributed by atoms with van der Waals surface area (Å²) in [6, 6.07) is 7.49. The highest BCUT2D eigenvalue weighted by atomic mass is 16.5. The van der Waals surface area contributed by atoms with E-state index >= 15 is 0 Å². The molecule has 0 fully saturated rings. The Morgan fingerprint density at radius 2 is 2.05 bits per heavy atom. The van der Waals surface area contributed by atoms with Crippen molar-refractivity contribution in [1.29, 1.82) is 0 Å². The average Bonchev–Trinajstić information content (AvgIpc) is 2.85. The van der Waals surface area contributed by atoms with Crippen LogP contribution in [0.1, 0.15) is 26.2 Å². The highest BCUT2D eigenvalue weighted by Crippen LogP contribution is 2.27. The molecule has 0 amide bonds. The van der Waals surface area contributed by atoms with Crippen molar-refractivity contribution < 1.29 is 14.4 Å². The van der Waals surface area contributed by atoms with Crippen molar-refractivity contribution in [3.8, 4) is 17.1 Å². The molecule has 20 heavy (non-hydrogen) atoms. The first-order valence-corrected chi connectivity index (χ1v) is 6.74. The van der Waals surface area contributed by atoms with Gasteiger partial charge in [-0.2, -0.15) is 4.98 Å². The number of ether oxygens (including phenoxy) is 1. The summed E-state index contributed by atoms with van der Waals surface area (Å²) >= 11 is 0. The molecule has 0 saturated heterocycles. The van der Waals surface area contributed by atoms with E-state index in [4.69, 9.17) is 9.26 Å². The normalized spacial score (nSPS) is 12.7. The Balaban J connectivity index is 2.12. The Kier molecular flexibility index (Phi) is 4.74. The lowest BCUT2D eigenvalue weighted by Crippen LogP contribution is -2.13. The molecule has 2 aromatic rings. The highest BCUT2D eigenvalue weighted by Gasteiger charge is 2.16. The number of aliphatic hydroxyl groups excluding tert-OH is 1. The van der Waals surface area contributed by atoms with Crippen molar-refractivity contribution in [3.63, 3.8) is 0 Å². The average molecular weight is 276 g/mol. The summed E-state index contributed by atoms with van der Waals surface area (Å²) in [5.41, 5.74) is 0.781. The number of para-hydroxylation sites is 1. The third kappa shape index (κ3) is 3.57. The second kappa shape index (κ2) is 6.52. The van der Waals surface area contributed by atoms with E-state index in [1.807, 2.05) is 24.3 Å². The number of aromatic nitrogens is 2. The van der Waals surface area contributed by atoms with Gasteiger partial charge in [0, 0.05) is 0 Å². The summed E-state index contributed by atoms with van der Waals surface area (Å²) in [7, 11) is 1.60. The van der Waals surface area contributed by atoms with Crippen LogP contribution in [0.4, 0.5) is 0 Å². The predicted octanol–water partition coefficient (Wildman–Crippen LogP) is 2.69. The number of aliphatic hydroxyl groups is 1. The SMILES string of the molecule is COc1ccccc1-c1noc(CC(O)CC(C)C)n1. The minimum Gasteiger partial charge on any atom is -0.496 e. The van der Waals surface area contributed by atoms with Gasteiger partial charge in [0.15, 0.2) is 0 Å². The molecule has 1 aromatic carbocycles. The van der Waals surface area contributed by atoms with Crippen LogP contribution in [-0.4, -0.2) is 28.5 Å². The van der Waals surface area contributed by atoms with Crippen LogP contribution >= 0.6 is 0 Å². The molecule has 0 saturated carbocycles. The van der Waals surface area contributed by atoms with Crippen molar-refractivity contribution in [2.24, 2.45) is 5.92 Å². The number of hydrogen-bond acceptors (Lipinski definition) is 5. The maximum absolute atomic E-state index is 9.90. The molecule has 5 heteroatoms. The van der Waals surface area contributed by atoms with Gasteiger partial charge in [0.25, 0.3) is 0 Å². The minimum atomic E-state index is -0.457. The number of rotatable bonds is 6. The first kappa shape index (κ1) is 14.5. The third-order valence-corrected chi connectivity index (χ3v) is 2.97. The molecule has 0 spiro atoms. The van der Waals surface area contributed by atoms with Crippen LogP contribution in [0, 0.1) is 5.92 Å². The van der Waals surface area contributed by atoms with Gasteiger partial charge in [0.05, 0.1) is 25.2 Å². The minimum absolute atomic E-state index is 0.375. The molecular weight excluding hydrogens is 256 g/mol. The highest BCUT2D eigenvalue weighted by molar-refractivity contribution is 5.63. The summed E-state index contributed by atoms with van der Waals surface area (Å²) in [5.74, 6) is 2.05. The molecule has 1 heterocycles. The Bertz CT molecular complexity index is 552. The number of hydrogen-bond donors (Lipinski definition) is 1. The summed E-state index contributed by atoms with van der Waals surface area (Å²) < 4.78 is 10.5. The zero-order valence-electron chi connectivity index (χ0n) is 12.0. The molecule has 0 aliphatic carbocycles. The van der Waals surface area contributed by atoms with Crippen LogP contribution in [0.15, 0.2) is 28.8 Å². The molecule has 2 rings (SSSR count). The molecule has 5 nitrogen and oxygen atoms in total. The maximum Gasteiger partial charge on any atom is 0.229 e. The molecule has 0 radical (unpaired) electrons. The summed E-state index contributed by atoms with van der Waals surface area (Å²) in [6.07, 6.45) is 0.633.